The molecular weight excluding hydrogens is 398 g/mol. The molecule has 0 amide bonds. The highest BCUT2D eigenvalue weighted by molar-refractivity contribution is 5.90. The van der Waals surface area contributed by atoms with Crippen LogP contribution in [-0.4, -0.2) is 76.7 Å². The topological polar surface area (TPSA) is 99.5 Å². The van der Waals surface area contributed by atoms with E-state index in [1.807, 2.05) is 6.07 Å². The summed E-state index contributed by atoms with van der Waals surface area (Å²) in [6, 6.07) is 4.05. The number of carbonyl (C=O) groups excluding carboxylic acids is 1. The second kappa shape index (κ2) is 7.44. The van der Waals surface area contributed by atoms with Crippen LogP contribution < -0.4 is 9.47 Å². The van der Waals surface area contributed by atoms with Crippen molar-refractivity contribution >= 4 is 5.78 Å². The molecule has 170 valence electrons. The van der Waals surface area contributed by atoms with Crippen molar-refractivity contribution in [2.45, 2.75) is 86.7 Å². The quantitative estimate of drug-likeness (QED) is 0.617. The zero-order valence-electron chi connectivity index (χ0n) is 18.3. The van der Waals surface area contributed by atoms with Crippen molar-refractivity contribution in [2.75, 3.05) is 20.7 Å². The van der Waals surface area contributed by atoms with Gasteiger partial charge in [-0.05, 0) is 57.3 Å². The van der Waals surface area contributed by atoms with E-state index in [4.69, 9.17) is 19.7 Å². The minimum absolute atomic E-state index is 0.0438. The minimum Gasteiger partial charge on any atom is -0.493 e. The third-order valence-electron chi connectivity index (χ3n) is 8.42. The number of aliphatic hydroxyl groups excluding tert-OH is 2. The molecule has 7 nitrogen and oxygen atoms in total. The number of aliphatic hydroxyl groups is 3. The largest absolute Gasteiger partial charge is 0.493 e. The number of hydrogen-bond acceptors (Lipinski definition) is 7. The SMILES string of the molecule is COc1ccc2c3c1O[C@H]1C(=O)CC[C@@]4(O)[C@@H](C2)N(C)CC[C@]314.OC1CCCCC1O. The van der Waals surface area contributed by atoms with Crippen molar-refractivity contribution in [3.05, 3.63) is 23.3 Å². The Morgan fingerprint density at radius 3 is 2.52 bits per heavy atom. The van der Waals surface area contributed by atoms with Crippen LogP contribution in [0.3, 0.4) is 0 Å². The van der Waals surface area contributed by atoms with Gasteiger partial charge in [0.25, 0.3) is 0 Å². The number of piperidine rings is 1. The number of ketones is 1. The summed E-state index contributed by atoms with van der Waals surface area (Å²) in [6.07, 6.45) is 4.70. The average molecular weight is 432 g/mol. The first-order valence-electron chi connectivity index (χ1n) is 11.5. The maximum absolute atomic E-state index is 12.7. The van der Waals surface area contributed by atoms with Crippen LogP contribution >= 0.6 is 0 Å². The first-order chi connectivity index (χ1) is 14.8. The first kappa shape index (κ1) is 21.2. The third kappa shape index (κ3) is 2.83. The van der Waals surface area contributed by atoms with Gasteiger partial charge in [-0.3, -0.25) is 4.79 Å². The van der Waals surface area contributed by atoms with E-state index < -0.39 is 29.3 Å². The molecule has 0 radical (unpaired) electrons. The molecule has 1 aromatic carbocycles. The highest BCUT2D eigenvalue weighted by Gasteiger charge is 2.72. The fourth-order valence-corrected chi connectivity index (χ4v) is 6.78. The molecule has 2 heterocycles. The third-order valence-corrected chi connectivity index (χ3v) is 8.42. The predicted molar refractivity (Wildman–Crippen MR) is 113 cm³/mol. The number of likely N-dealkylation sites (tertiary alicyclic amines) is 1. The van der Waals surface area contributed by atoms with Crippen LogP contribution in [0.15, 0.2) is 12.1 Å². The summed E-state index contributed by atoms with van der Waals surface area (Å²) in [5.74, 6) is 1.47. The summed E-state index contributed by atoms with van der Waals surface area (Å²) >= 11 is 0. The van der Waals surface area contributed by atoms with Crippen molar-refractivity contribution < 1.29 is 29.6 Å². The molecule has 1 aromatic rings. The molecule has 5 aliphatic rings. The molecule has 3 aliphatic carbocycles. The molecule has 2 aliphatic heterocycles. The summed E-state index contributed by atoms with van der Waals surface area (Å²) in [5, 5.41) is 29.6. The van der Waals surface area contributed by atoms with Gasteiger partial charge in [0.1, 0.15) is 0 Å². The van der Waals surface area contributed by atoms with E-state index in [1.54, 1.807) is 7.11 Å². The average Bonchev–Trinajstić information content (AvgIpc) is 3.12. The van der Waals surface area contributed by atoms with E-state index in [0.29, 0.717) is 24.3 Å². The van der Waals surface area contributed by atoms with Crippen molar-refractivity contribution in [3.8, 4) is 11.5 Å². The molecule has 2 unspecified atom stereocenters. The van der Waals surface area contributed by atoms with Crippen LogP contribution in [-0.2, 0) is 16.6 Å². The van der Waals surface area contributed by atoms with Gasteiger partial charge in [0.15, 0.2) is 23.4 Å². The van der Waals surface area contributed by atoms with Gasteiger partial charge in [0, 0.05) is 18.0 Å². The van der Waals surface area contributed by atoms with Crippen molar-refractivity contribution in [3.63, 3.8) is 0 Å². The molecule has 3 fully saturated rings. The number of rotatable bonds is 1. The van der Waals surface area contributed by atoms with Crippen molar-refractivity contribution in [1.82, 2.24) is 4.90 Å². The molecule has 3 N–H and O–H groups in total. The molecule has 31 heavy (non-hydrogen) atoms. The van der Waals surface area contributed by atoms with Gasteiger partial charge < -0.3 is 29.7 Å². The van der Waals surface area contributed by atoms with Crippen LogP contribution in [0.4, 0.5) is 0 Å². The number of hydrogen-bond donors (Lipinski definition) is 3. The van der Waals surface area contributed by atoms with E-state index in [0.717, 1.165) is 50.6 Å². The van der Waals surface area contributed by atoms with E-state index in [1.165, 1.54) is 5.56 Å². The van der Waals surface area contributed by atoms with E-state index in [-0.39, 0.29) is 11.8 Å². The summed E-state index contributed by atoms with van der Waals surface area (Å²) in [6.45, 7) is 0.871. The molecular formula is C24H33NO6. The zero-order valence-corrected chi connectivity index (χ0v) is 18.3. The highest BCUT2D eigenvalue weighted by Crippen LogP contribution is 2.64. The van der Waals surface area contributed by atoms with E-state index >= 15 is 0 Å². The molecule has 6 atom stereocenters. The maximum atomic E-state index is 12.7. The standard InChI is InChI=1S/C18H21NO4.C6H12O2/c1-19-8-7-17-14-10-3-4-12(22-2)15(14)23-16(17)11(20)5-6-18(17,21)13(19)9-10;7-5-3-1-2-4-6(5)8/h3-4,13,16,21H,5-9H2,1-2H3;5-8H,1-4H2/t13-,16+,17+,18-;/m1./s1. The number of likely N-dealkylation sites (N-methyl/N-ethyl adjacent to an activating group) is 1. The zero-order chi connectivity index (χ0) is 22.0. The number of carbonyl (C=O) groups is 1. The number of nitrogens with zero attached hydrogens (tertiary/aromatic N) is 1. The van der Waals surface area contributed by atoms with Gasteiger partial charge in [0.05, 0.1) is 30.3 Å². The van der Waals surface area contributed by atoms with E-state index in [9.17, 15) is 9.90 Å². The van der Waals surface area contributed by atoms with Gasteiger partial charge in [-0.2, -0.15) is 0 Å². The maximum Gasteiger partial charge on any atom is 0.174 e. The first-order valence-corrected chi connectivity index (χ1v) is 11.5. The molecule has 2 bridgehead atoms. The Hall–Kier alpha value is -1.67. The van der Waals surface area contributed by atoms with Crippen molar-refractivity contribution in [2.24, 2.45) is 0 Å². The summed E-state index contributed by atoms with van der Waals surface area (Å²) in [4.78, 5) is 14.9. The normalized spacial score (nSPS) is 40.4. The Morgan fingerprint density at radius 1 is 1.16 bits per heavy atom. The molecule has 2 saturated carbocycles. The minimum atomic E-state index is -0.900. The summed E-state index contributed by atoms with van der Waals surface area (Å²) < 4.78 is 11.6. The molecule has 6 rings (SSSR count). The Balaban J connectivity index is 0.000000217. The lowest BCUT2D eigenvalue weighted by Gasteiger charge is -2.62. The molecule has 1 saturated heterocycles. The fourth-order valence-electron chi connectivity index (χ4n) is 6.78. The lowest BCUT2D eigenvalue weighted by molar-refractivity contribution is -0.185. The van der Waals surface area contributed by atoms with Crippen molar-refractivity contribution in [1.29, 1.82) is 0 Å². The fraction of sp³-hybridized carbons (Fsp3) is 0.708. The smallest absolute Gasteiger partial charge is 0.174 e. The van der Waals surface area contributed by atoms with Crippen LogP contribution in [0.5, 0.6) is 11.5 Å². The lowest BCUT2D eigenvalue weighted by atomic mass is 9.49. The summed E-state index contributed by atoms with van der Waals surface area (Å²) in [7, 11) is 3.70. The summed E-state index contributed by atoms with van der Waals surface area (Å²) in [5.41, 5.74) is 0.737. The van der Waals surface area contributed by atoms with E-state index in [2.05, 4.69) is 18.0 Å². The Morgan fingerprint density at radius 2 is 1.87 bits per heavy atom. The van der Waals surface area contributed by atoms with Gasteiger partial charge in [0.2, 0.25) is 0 Å². The van der Waals surface area contributed by atoms with Gasteiger partial charge in [-0.15, -0.1) is 0 Å². The van der Waals surface area contributed by atoms with Gasteiger partial charge in [-0.1, -0.05) is 18.9 Å². The Bertz CT molecular complexity index is 879. The van der Waals surface area contributed by atoms with Crippen LogP contribution in [0.25, 0.3) is 0 Å². The monoisotopic (exact) mass is 431 g/mol. The van der Waals surface area contributed by atoms with Gasteiger partial charge in [-0.25, -0.2) is 0 Å². The van der Waals surface area contributed by atoms with Gasteiger partial charge >= 0.3 is 0 Å². The number of Topliss-reactive ketones (excluding diaryl/α,β-unsaturated/α-hetero) is 1. The number of methoxy groups -OCH3 is 1. The predicted octanol–water partition coefficient (Wildman–Crippen LogP) is 1.33. The second-order valence-electron chi connectivity index (χ2n) is 9.86. The Labute approximate surface area is 183 Å². The molecule has 0 aromatic heterocycles. The lowest BCUT2D eigenvalue weighted by Crippen LogP contribution is -2.76. The molecule has 1 spiro atoms. The molecule has 7 heteroatoms. The Kier molecular flexibility index (Phi) is 5.09. The van der Waals surface area contributed by atoms with Crippen LogP contribution in [0.1, 0.15) is 56.1 Å². The van der Waals surface area contributed by atoms with Crippen LogP contribution in [0, 0.1) is 0 Å². The number of benzene rings is 1. The highest BCUT2D eigenvalue weighted by atomic mass is 16.5. The van der Waals surface area contributed by atoms with Crippen LogP contribution in [0.2, 0.25) is 0 Å². The second-order valence-corrected chi connectivity index (χ2v) is 9.86. The number of ether oxygens (including phenoxy) is 2.